The molecule has 3 atom stereocenters. The van der Waals surface area contributed by atoms with Crippen molar-refractivity contribution in [1.29, 1.82) is 0 Å². The second-order valence-corrected chi connectivity index (χ2v) is 16.1. The summed E-state index contributed by atoms with van der Waals surface area (Å²) in [4.78, 5) is 60.1. The van der Waals surface area contributed by atoms with Gasteiger partial charge in [-0.2, -0.15) is 0 Å². The third-order valence-electron chi connectivity index (χ3n) is 12.9. The Balaban J connectivity index is 0.989. The van der Waals surface area contributed by atoms with Crippen molar-refractivity contribution in [2.45, 2.75) is 76.3 Å². The number of carbonyl (C=O) groups is 3. The number of halogens is 1. The number of carbonyl (C=O) groups excluding carboxylic acids is 3. The van der Waals surface area contributed by atoms with Crippen molar-refractivity contribution < 1.29 is 33.4 Å². The van der Waals surface area contributed by atoms with Gasteiger partial charge in [-0.05, 0) is 76.8 Å². The molecular formula is C48H41FN4O7. The molecule has 12 heteroatoms. The Morgan fingerprint density at radius 3 is 2.40 bits per heavy atom. The Morgan fingerprint density at radius 1 is 0.983 bits per heavy atom. The van der Waals surface area contributed by atoms with Gasteiger partial charge in [0.1, 0.15) is 25.1 Å². The Bertz CT molecular complexity index is 2830. The van der Waals surface area contributed by atoms with E-state index in [1.54, 1.807) is 19.9 Å². The Morgan fingerprint density at radius 2 is 1.68 bits per heavy atom. The maximum atomic E-state index is 15.5. The van der Waals surface area contributed by atoms with Gasteiger partial charge in [0, 0.05) is 34.9 Å². The molecule has 11 nitrogen and oxygen atoms in total. The molecule has 0 saturated carbocycles. The highest BCUT2D eigenvalue weighted by atomic mass is 19.1. The second-order valence-electron chi connectivity index (χ2n) is 16.1. The SMILES string of the molecule is CC[C@@]1(O)C(=O)OCc2c1cc1n(c2=O)Cc2c-1nc1cc(F)c(C)c3c1c2[C@@H](NC(=O)[C@H](Cc1ccccc1)NC(=O)OCC1c2ccccc2-c2ccccc21)CC3. The molecule has 0 spiro atoms. The number of pyridine rings is 2. The molecule has 2 aliphatic carbocycles. The first-order valence-corrected chi connectivity index (χ1v) is 20.3. The summed E-state index contributed by atoms with van der Waals surface area (Å²) in [5, 5.41) is 18.2. The second kappa shape index (κ2) is 14.3. The summed E-state index contributed by atoms with van der Waals surface area (Å²) in [6.07, 6.45) is 0.306. The van der Waals surface area contributed by atoms with Gasteiger partial charge >= 0.3 is 12.1 Å². The lowest BCUT2D eigenvalue weighted by atomic mass is 9.81. The molecule has 2 aliphatic heterocycles. The molecule has 10 rings (SSSR count). The number of aromatic nitrogens is 2. The van der Waals surface area contributed by atoms with E-state index in [9.17, 15) is 24.3 Å². The van der Waals surface area contributed by atoms with Crippen molar-refractivity contribution in [2.24, 2.45) is 0 Å². The predicted octanol–water partition coefficient (Wildman–Crippen LogP) is 6.78. The fraction of sp³-hybridized carbons (Fsp3) is 0.271. The van der Waals surface area contributed by atoms with Crippen molar-refractivity contribution in [3.05, 3.63) is 157 Å². The summed E-state index contributed by atoms with van der Waals surface area (Å²) in [6, 6.07) is 26.9. The Kier molecular flexibility index (Phi) is 8.94. The number of hydrogen-bond acceptors (Lipinski definition) is 8. The molecule has 0 unspecified atom stereocenters. The molecule has 0 fully saturated rings. The van der Waals surface area contributed by atoms with E-state index in [4.69, 9.17) is 14.5 Å². The number of amides is 2. The first kappa shape index (κ1) is 37.6. The number of aryl methyl sites for hydroxylation is 1. The maximum Gasteiger partial charge on any atom is 0.407 e. The number of benzene rings is 4. The quantitative estimate of drug-likeness (QED) is 0.143. The van der Waals surface area contributed by atoms with Crippen molar-refractivity contribution in [3.63, 3.8) is 0 Å². The van der Waals surface area contributed by atoms with Gasteiger partial charge < -0.3 is 29.8 Å². The summed E-state index contributed by atoms with van der Waals surface area (Å²) in [5.74, 6) is -1.85. The number of rotatable bonds is 8. The fourth-order valence-corrected chi connectivity index (χ4v) is 9.81. The van der Waals surface area contributed by atoms with E-state index < -0.39 is 47.0 Å². The number of aliphatic hydroxyl groups is 1. The van der Waals surface area contributed by atoms with E-state index in [2.05, 4.69) is 22.8 Å². The predicted molar refractivity (Wildman–Crippen MR) is 221 cm³/mol. The number of esters is 1. The van der Waals surface area contributed by atoms with Gasteiger partial charge in [-0.15, -0.1) is 0 Å². The minimum absolute atomic E-state index is 0.0127. The van der Waals surface area contributed by atoms with E-state index >= 15 is 4.39 Å². The van der Waals surface area contributed by atoms with Crippen LogP contribution >= 0.6 is 0 Å². The monoisotopic (exact) mass is 804 g/mol. The summed E-state index contributed by atoms with van der Waals surface area (Å²) >= 11 is 0. The van der Waals surface area contributed by atoms with Crippen LogP contribution in [0.5, 0.6) is 0 Å². The van der Waals surface area contributed by atoms with Crippen LogP contribution in [0.25, 0.3) is 33.4 Å². The number of ether oxygens (including phenoxy) is 2. The van der Waals surface area contributed by atoms with Crippen LogP contribution in [0, 0.1) is 12.7 Å². The van der Waals surface area contributed by atoms with Gasteiger partial charge in [0.25, 0.3) is 5.56 Å². The van der Waals surface area contributed by atoms with Crippen molar-refractivity contribution in [3.8, 4) is 22.5 Å². The number of cyclic esters (lactones) is 1. The minimum Gasteiger partial charge on any atom is -0.458 e. The van der Waals surface area contributed by atoms with Crippen LogP contribution in [0.1, 0.15) is 81.8 Å². The number of hydrogen-bond donors (Lipinski definition) is 3. The van der Waals surface area contributed by atoms with E-state index in [-0.39, 0.29) is 49.6 Å². The standard InChI is InChI=1S/C48H41FN4O7/c1-3-48(58)35-20-40-43-32(22-53(40)45(55)34(35)24-59-46(48)56)42-37(18-17-27-25(2)36(49)21-38(50-43)41(27)42)51-44(54)39(19-26-11-5-4-6-12-26)52-47(57)60-23-33-30-15-9-7-13-28(30)29-14-8-10-16-31(29)33/h4-16,20-21,33,37,39,58H,3,17-19,22-24H2,1-2H3,(H,51,54)(H,52,57)/t37-,39-,48-/m0/s1. The number of fused-ring (bicyclic) bond motifs is 8. The molecule has 4 aromatic carbocycles. The van der Waals surface area contributed by atoms with Crippen molar-refractivity contribution in [2.75, 3.05) is 6.61 Å². The average Bonchev–Trinajstić information content (AvgIpc) is 3.79. The van der Waals surface area contributed by atoms with Gasteiger partial charge in [-0.3, -0.25) is 9.59 Å². The van der Waals surface area contributed by atoms with Crippen LogP contribution in [-0.4, -0.2) is 45.3 Å². The molecule has 0 bridgehead atoms. The molecule has 4 heterocycles. The average molecular weight is 805 g/mol. The third-order valence-corrected chi connectivity index (χ3v) is 12.9. The van der Waals surface area contributed by atoms with Crippen LogP contribution in [0.3, 0.4) is 0 Å². The number of nitrogens with zero attached hydrogens (tertiary/aromatic N) is 2. The zero-order chi connectivity index (χ0) is 41.4. The van der Waals surface area contributed by atoms with Crippen LogP contribution in [0.4, 0.5) is 9.18 Å². The third kappa shape index (κ3) is 5.83. The number of nitrogens with one attached hydrogen (secondary N) is 2. The molecule has 6 aromatic rings. The van der Waals surface area contributed by atoms with Crippen LogP contribution in [-0.2, 0) is 50.7 Å². The van der Waals surface area contributed by atoms with Crippen molar-refractivity contribution in [1.82, 2.24) is 20.2 Å². The Labute approximate surface area is 344 Å². The van der Waals surface area contributed by atoms with E-state index in [1.165, 1.54) is 10.6 Å². The van der Waals surface area contributed by atoms with Crippen molar-refractivity contribution >= 4 is 28.9 Å². The lowest BCUT2D eigenvalue weighted by molar-refractivity contribution is -0.172. The summed E-state index contributed by atoms with van der Waals surface area (Å²) in [6.45, 7) is 3.26. The van der Waals surface area contributed by atoms with E-state index in [1.807, 2.05) is 66.7 Å². The zero-order valence-corrected chi connectivity index (χ0v) is 33.0. The minimum atomic E-state index is -2.02. The zero-order valence-electron chi connectivity index (χ0n) is 33.0. The molecule has 0 radical (unpaired) electrons. The summed E-state index contributed by atoms with van der Waals surface area (Å²) in [5.41, 5.74) is 6.90. The lowest BCUT2D eigenvalue weighted by Crippen LogP contribution is -2.49. The molecular weight excluding hydrogens is 764 g/mol. The highest BCUT2D eigenvalue weighted by Crippen LogP contribution is 2.47. The van der Waals surface area contributed by atoms with Gasteiger partial charge in [-0.25, -0.2) is 19.0 Å². The van der Waals surface area contributed by atoms with Gasteiger partial charge in [0.05, 0.1) is 35.1 Å². The molecule has 60 heavy (non-hydrogen) atoms. The van der Waals surface area contributed by atoms with E-state index in [0.717, 1.165) is 33.4 Å². The normalized spacial score (nSPS) is 18.7. The molecule has 302 valence electrons. The summed E-state index contributed by atoms with van der Waals surface area (Å²) in [7, 11) is 0. The topological polar surface area (TPSA) is 149 Å². The molecule has 3 N–H and O–H groups in total. The molecule has 4 aliphatic rings. The van der Waals surface area contributed by atoms with Gasteiger partial charge in [0.2, 0.25) is 5.91 Å². The maximum absolute atomic E-state index is 15.5. The first-order valence-electron chi connectivity index (χ1n) is 20.3. The van der Waals surface area contributed by atoms with Crippen LogP contribution < -0.4 is 16.2 Å². The lowest BCUT2D eigenvalue weighted by Gasteiger charge is -2.31. The molecule has 0 saturated heterocycles. The molecule has 2 aromatic heterocycles. The first-order chi connectivity index (χ1) is 29.0. The van der Waals surface area contributed by atoms with E-state index in [0.29, 0.717) is 51.8 Å². The molecule has 2 amide bonds. The number of alkyl carbamates (subject to hydrolysis) is 1. The van der Waals surface area contributed by atoms with Crippen LogP contribution in [0.15, 0.2) is 95.8 Å². The smallest absolute Gasteiger partial charge is 0.407 e. The largest absolute Gasteiger partial charge is 0.458 e. The van der Waals surface area contributed by atoms with Gasteiger partial charge in [-0.1, -0.05) is 85.8 Å². The highest BCUT2D eigenvalue weighted by Gasteiger charge is 2.46. The summed E-state index contributed by atoms with van der Waals surface area (Å²) < 4.78 is 28.2. The fourth-order valence-electron chi connectivity index (χ4n) is 9.81. The van der Waals surface area contributed by atoms with Crippen LogP contribution in [0.2, 0.25) is 0 Å². The highest BCUT2D eigenvalue weighted by molar-refractivity contribution is 5.94. The Hall–Kier alpha value is -6.66. The van der Waals surface area contributed by atoms with Gasteiger partial charge in [0.15, 0.2) is 5.60 Å².